The van der Waals surface area contributed by atoms with Gasteiger partial charge in [-0.05, 0) is 25.5 Å². The second-order valence-corrected chi connectivity index (χ2v) is 4.93. The normalized spacial score (nSPS) is 19.1. The van der Waals surface area contributed by atoms with Crippen molar-refractivity contribution in [3.8, 4) is 17.2 Å². The summed E-state index contributed by atoms with van der Waals surface area (Å²) in [6.07, 6.45) is 3.48. The molecule has 1 aromatic carbocycles. The van der Waals surface area contributed by atoms with Crippen molar-refractivity contribution in [2.75, 3.05) is 27.9 Å². The monoisotopic (exact) mass is 285 g/mol. The fourth-order valence-corrected chi connectivity index (χ4v) is 2.89. The number of hydrogen-bond acceptors (Lipinski definition) is 4. The van der Waals surface area contributed by atoms with Gasteiger partial charge in [-0.2, -0.15) is 0 Å². The van der Waals surface area contributed by atoms with Gasteiger partial charge in [-0.3, -0.25) is 0 Å². The number of rotatable bonds is 4. The third-order valence-corrected chi connectivity index (χ3v) is 3.83. The molecule has 0 bridgehead atoms. The number of halogens is 1. The van der Waals surface area contributed by atoms with Crippen molar-refractivity contribution in [2.45, 2.75) is 25.3 Å². The van der Waals surface area contributed by atoms with Gasteiger partial charge < -0.3 is 19.5 Å². The summed E-state index contributed by atoms with van der Waals surface area (Å²) in [5, 5.41) is 3.96. The Balaban J connectivity index is 2.49. The summed E-state index contributed by atoms with van der Waals surface area (Å²) in [6.45, 7) is 1.01. The van der Waals surface area contributed by atoms with Crippen molar-refractivity contribution < 1.29 is 14.2 Å². The lowest BCUT2D eigenvalue weighted by atomic mass is 9.96. The van der Waals surface area contributed by atoms with Crippen LogP contribution >= 0.6 is 11.6 Å². The molecule has 1 aliphatic rings. The highest BCUT2D eigenvalue weighted by atomic mass is 35.5. The third kappa shape index (κ3) is 2.74. The number of hydrogen-bond donors (Lipinski definition) is 1. The molecule has 0 spiro atoms. The van der Waals surface area contributed by atoms with Crippen molar-refractivity contribution >= 4 is 11.6 Å². The number of nitrogens with one attached hydrogen (secondary N) is 1. The molecule has 0 radical (unpaired) electrons. The summed E-state index contributed by atoms with van der Waals surface area (Å²) in [5.74, 6) is 1.81. The Kier molecular flexibility index (Phi) is 4.77. The predicted molar refractivity (Wildman–Crippen MR) is 75.7 cm³/mol. The molecule has 1 aliphatic heterocycles. The summed E-state index contributed by atoms with van der Waals surface area (Å²) in [6, 6.07) is 2.20. The van der Waals surface area contributed by atoms with E-state index in [2.05, 4.69) is 5.32 Å². The van der Waals surface area contributed by atoms with E-state index < -0.39 is 0 Å². The first-order valence-corrected chi connectivity index (χ1v) is 6.82. The first-order chi connectivity index (χ1) is 9.22. The zero-order chi connectivity index (χ0) is 13.8. The van der Waals surface area contributed by atoms with Gasteiger partial charge in [0.05, 0.1) is 21.3 Å². The summed E-state index contributed by atoms with van der Waals surface area (Å²) in [5.41, 5.74) is 1.03. The van der Waals surface area contributed by atoms with Crippen LogP contribution in [0.2, 0.25) is 5.02 Å². The molecule has 4 nitrogen and oxygen atoms in total. The van der Waals surface area contributed by atoms with Gasteiger partial charge in [-0.1, -0.05) is 18.0 Å². The summed E-state index contributed by atoms with van der Waals surface area (Å²) in [4.78, 5) is 0. The fourth-order valence-electron chi connectivity index (χ4n) is 2.54. The van der Waals surface area contributed by atoms with Crippen LogP contribution in [-0.2, 0) is 0 Å². The zero-order valence-electron chi connectivity index (χ0n) is 11.6. The van der Waals surface area contributed by atoms with Crippen LogP contribution in [0.5, 0.6) is 17.2 Å². The molecule has 1 unspecified atom stereocenters. The van der Waals surface area contributed by atoms with E-state index in [1.54, 1.807) is 21.3 Å². The summed E-state index contributed by atoms with van der Waals surface area (Å²) >= 11 is 6.36. The van der Waals surface area contributed by atoms with Crippen molar-refractivity contribution in [2.24, 2.45) is 0 Å². The molecule has 0 saturated carbocycles. The predicted octanol–water partition coefficient (Wildman–Crippen LogP) is 3.18. The van der Waals surface area contributed by atoms with E-state index in [-0.39, 0.29) is 6.04 Å². The van der Waals surface area contributed by atoms with Gasteiger partial charge in [0, 0.05) is 11.6 Å². The molecule has 0 amide bonds. The SMILES string of the molecule is COc1cc(C2CCCCN2)c(OC)c(Cl)c1OC. The van der Waals surface area contributed by atoms with Crippen LogP contribution in [0.25, 0.3) is 0 Å². The molecule has 1 fully saturated rings. The number of ether oxygens (including phenoxy) is 3. The van der Waals surface area contributed by atoms with E-state index in [0.717, 1.165) is 18.5 Å². The first kappa shape index (κ1) is 14.3. The Morgan fingerprint density at radius 1 is 1.11 bits per heavy atom. The molecule has 1 saturated heterocycles. The smallest absolute Gasteiger partial charge is 0.183 e. The molecule has 1 heterocycles. The standard InChI is InChI=1S/C14H20ClNO3/c1-17-11-8-9(10-6-4-5-7-16-10)13(18-2)12(15)14(11)19-3/h8,10,16H,4-7H2,1-3H3. The minimum atomic E-state index is 0.251. The van der Waals surface area contributed by atoms with Gasteiger partial charge in [0.2, 0.25) is 0 Å². The van der Waals surface area contributed by atoms with E-state index in [1.807, 2.05) is 6.07 Å². The molecular weight excluding hydrogens is 266 g/mol. The largest absolute Gasteiger partial charge is 0.495 e. The molecule has 5 heteroatoms. The maximum Gasteiger partial charge on any atom is 0.183 e. The topological polar surface area (TPSA) is 39.7 Å². The Morgan fingerprint density at radius 3 is 2.37 bits per heavy atom. The average molecular weight is 286 g/mol. The van der Waals surface area contributed by atoms with E-state index in [1.165, 1.54) is 12.8 Å². The van der Waals surface area contributed by atoms with E-state index >= 15 is 0 Å². The van der Waals surface area contributed by atoms with E-state index in [0.29, 0.717) is 22.3 Å². The molecule has 19 heavy (non-hydrogen) atoms. The molecule has 106 valence electrons. The lowest BCUT2D eigenvalue weighted by molar-refractivity contribution is 0.340. The highest BCUT2D eigenvalue weighted by molar-refractivity contribution is 6.34. The van der Waals surface area contributed by atoms with Gasteiger partial charge >= 0.3 is 0 Å². The number of piperidine rings is 1. The van der Waals surface area contributed by atoms with Gasteiger partial charge in [-0.15, -0.1) is 0 Å². The molecule has 1 aromatic rings. The number of benzene rings is 1. The van der Waals surface area contributed by atoms with E-state index in [4.69, 9.17) is 25.8 Å². The van der Waals surface area contributed by atoms with Crippen LogP contribution in [0.1, 0.15) is 30.9 Å². The maximum absolute atomic E-state index is 6.36. The Hall–Kier alpha value is -1.13. The van der Waals surface area contributed by atoms with Crippen LogP contribution < -0.4 is 19.5 Å². The Morgan fingerprint density at radius 2 is 1.84 bits per heavy atom. The second kappa shape index (κ2) is 6.35. The Bertz CT molecular complexity index is 445. The lowest BCUT2D eigenvalue weighted by Crippen LogP contribution is -2.27. The Labute approximate surface area is 119 Å². The molecule has 0 aliphatic carbocycles. The quantitative estimate of drug-likeness (QED) is 0.922. The minimum Gasteiger partial charge on any atom is -0.495 e. The van der Waals surface area contributed by atoms with Crippen molar-refractivity contribution in [3.05, 3.63) is 16.7 Å². The summed E-state index contributed by atoms with van der Waals surface area (Å²) < 4.78 is 16.1. The van der Waals surface area contributed by atoms with Crippen LogP contribution in [0.3, 0.4) is 0 Å². The molecule has 1 N–H and O–H groups in total. The average Bonchev–Trinajstić information content (AvgIpc) is 2.47. The fraction of sp³-hybridized carbons (Fsp3) is 0.571. The first-order valence-electron chi connectivity index (χ1n) is 6.44. The van der Waals surface area contributed by atoms with E-state index in [9.17, 15) is 0 Å². The van der Waals surface area contributed by atoms with Crippen molar-refractivity contribution in [3.63, 3.8) is 0 Å². The van der Waals surface area contributed by atoms with Gasteiger partial charge in [0.15, 0.2) is 11.5 Å². The molecule has 1 atom stereocenters. The van der Waals surface area contributed by atoms with Crippen molar-refractivity contribution in [1.29, 1.82) is 0 Å². The molecule has 0 aromatic heterocycles. The van der Waals surface area contributed by atoms with Crippen LogP contribution in [0.4, 0.5) is 0 Å². The molecular formula is C14H20ClNO3. The van der Waals surface area contributed by atoms with Crippen LogP contribution in [-0.4, -0.2) is 27.9 Å². The van der Waals surface area contributed by atoms with Crippen molar-refractivity contribution in [1.82, 2.24) is 5.32 Å². The highest BCUT2D eigenvalue weighted by Gasteiger charge is 2.25. The zero-order valence-corrected chi connectivity index (χ0v) is 12.3. The number of methoxy groups -OCH3 is 3. The van der Waals surface area contributed by atoms with Crippen LogP contribution in [0.15, 0.2) is 6.07 Å². The highest BCUT2D eigenvalue weighted by Crippen LogP contribution is 2.46. The summed E-state index contributed by atoms with van der Waals surface area (Å²) in [7, 11) is 4.81. The van der Waals surface area contributed by atoms with Gasteiger partial charge in [0.1, 0.15) is 10.8 Å². The minimum absolute atomic E-state index is 0.251. The molecule has 2 rings (SSSR count). The second-order valence-electron chi connectivity index (χ2n) is 4.55. The van der Waals surface area contributed by atoms with Gasteiger partial charge in [0.25, 0.3) is 0 Å². The lowest BCUT2D eigenvalue weighted by Gasteiger charge is -2.27. The third-order valence-electron chi connectivity index (χ3n) is 3.49. The van der Waals surface area contributed by atoms with Gasteiger partial charge in [-0.25, -0.2) is 0 Å². The maximum atomic E-state index is 6.36. The van der Waals surface area contributed by atoms with Crippen LogP contribution in [0, 0.1) is 0 Å².